The molecule has 1 saturated heterocycles. The molecule has 1 heterocycles. The Kier molecular flexibility index (Phi) is 4.46. The van der Waals surface area contributed by atoms with Crippen LogP contribution in [0.5, 0.6) is 0 Å². The minimum Gasteiger partial charge on any atom is -0.374 e. The fourth-order valence-corrected chi connectivity index (χ4v) is 3.53. The van der Waals surface area contributed by atoms with Crippen LogP contribution in [0, 0.1) is 12.7 Å². The number of hydrogen-bond donors (Lipinski definition) is 1. The van der Waals surface area contributed by atoms with E-state index in [2.05, 4.69) is 4.72 Å². The fraction of sp³-hybridized carbons (Fsp3) is 0.571. The second kappa shape index (κ2) is 5.79. The van der Waals surface area contributed by atoms with E-state index >= 15 is 0 Å². The summed E-state index contributed by atoms with van der Waals surface area (Å²) in [4.78, 5) is 0. The van der Waals surface area contributed by atoms with Crippen molar-refractivity contribution in [1.29, 1.82) is 0 Å². The summed E-state index contributed by atoms with van der Waals surface area (Å²) in [5.41, 5.74) is 0.503. The molecule has 1 atom stereocenters. The Morgan fingerprint density at radius 3 is 2.80 bits per heavy atom. The number of sulfonamides is 1. The van der Waals surface area contributed by atoms with Gasteiger partial charge in [0, 0.05) is 18.7 Å². The van der Waals surface area contributed by atoms with Crippen LogP contribution in [-0.4, -0.2) is 27.2 Å². The molecule has 1 aliphatic heterocycles. The van der Waals surface area contributed by atoms with E-state index in [1.807, 2.05) is 6.92 Å². The predicted molar refractivity (Wildman–Crippen MR) is 75.4 cm³/mol. The molecule has 0 unspecified atom stereocenters. The van der Waals surface area contributed by atoms with Gasteiger partial charge in [-0.15, -0.1) is 0 Å². The highest BCUT2D eigenvalue weighted by Gasteiger charge is 2.31. The lowest BCUT2D eigenvalue weighted by Crippen LogP contribution is -2.40. The first-order chi connectivity index (χ1) is 9.30. The average Bonchev–Trinajstić information content (AvgIpc) is 2.79. The van der Waals surface area contributed by atoms with E-state index in [1.54, 1.807) is 13.0 Å². The Bertz CT molecular complexity index is 580. The quantitative estimate of drug-likeness (QED) is 0.906. The van der Waals surface area contributed by atoms with Crippen molar-refractivity contribution >= 4 is 10.0 Å². The van der Waals surface area contributed by atoms with Gasteiger partial charge in [-0.1, -0.05) is 12.1 Å². The summed E-state index contributed by atoms with van der Waals surface area (Å²) >= 11 is 0. The lowest BCUT2D eigenvalue weighted by Gasteiger charge is -2.23. The van der Waals surface area contributed by atoms with Crippen molar-refractivity contribution < 1.29 is 17.5 Å². The normalized spacial score (nSPS) is 23.1. The molecule has 4 nitrogen and oxygen atoms in total. The smallest absolute Gasteiger partial charge is 0.215 e. The third-order valence-electron chi connectivity index (χ3n) is 3.52. The van der Waals surface area contributed by atoms with Gasteiger partial charge in [0.1, 0.15) is 5.82 Å². The maximum absolute atomic E-state index is 13.7. The van der Waals surface area contributed by atoms with Crippen LogP contribution in [0.15, 0.2) is 18.2 Å². The summed E-state index contributed by atoms with van der Waals surface area (Å²) < 4.78 is 45.7. The lowest BCUT2D eigenvalue weighted by molar-refractivity contribution is 0.0250. The van der Waals surface area contributed by atoms with Crippen LogP contribution in [0.25, 0.3) is 0 Å². The van der Waals surface area contributed by atoms with Gasteiger partial charge in [-0.2, -0.15) is 0 Å². The molecule has 1 fully saturated rings. The first kappa shape index (κ1) is 15.4. The topological polar surface area (TPSA) is 55.4 Å². The van der Waals surface area contributed by atoms with Crippen molar-refractivity contribution in [3.63, 3.8) is 0 Å². The molecule has 0 aliphatic carbocycles. The maximum Gasteiger partial charge on any atom is 0.215 e. The molecular formula is C14H20FNO3S. The zero-order chi connectivity index (χ0) is 14.8. The molecule has 1 aliphatic rings. The van der Waals surface area contributed by atoms with Crippen LogP contribution in [0.3, 0.4) is 0 Å². The van der Waals surface area contributed by atoms with Gasteiger partial charge >= 0.3 is 0 Å². The van der Waals surface area contributed by atoms with Gasteiger partial charge in [-0.05, 0) is 38.3 Å². The fourth-order valence-electron chi connectivity index (χ4n) is 2.26. The van der Waals surface area contributed by atoms with Crippen molar-refractivity contribution in [3.8, 4) is 0 Å². The molecule has 2 rings (SSSR count). The molecule has 0 bridgehead atoms. The molecule has 0 spiro atoms. The van der Waals surface area contributed by atoms with Crippen molar-refractivity contribution in [1.82, 2.24) is 4.72 Å². The molecule has 6 heteroatoms. The zero-order valence-electron chi connectivity index (χ0n) is 11.8. The van der Waals surface area contributed by atoms with Gasteiger partial charge in [-0.3, -0.25) is 0 Å². The minimum atomic E-state index is -3.57. The predicted octanol–water partition coefficient (Wildman–Crippen LogP) is 2.12. The number of ether oxygens (including phenoxy) is 1. The van der Waals surface area contributed by atoms with Crippen molar-refractivity contribution in [3.05, 3.63) is 35.1 Å². The Balaban J connectivity index is 2.00. The van der Waals surface area contributed by atoms with Crippen LogP contribution in [-0.2, 0) is 20.5 Å². The van der Waals surface area contributed by atoms with Crippen LogP contribution in [0.2, 0.25) is 0 Å². The second-order valence-corrected chi connectivity index (χ2v) is 7.38. The van der Waals surface area contributed by atoms with E-state index in [1.165, 1.54) is 12.1 Å². The highest BCUT2D eigenvalue weighted by Crippen LogP contribution is 2.24. The van der Waals surface area contributed by atoms with E-state index in [0.717, 1.165) is 18.4 Å². The monoisotopic (exact) mass is 301 g/mol. The summed E-state index contributed by atoms with van der Waals surface area (Å²) in [5.74, 6) is -0.839. The number of hydrogen-bond acceptors (Lipinski definition) is 3. The number of benzene rings is 1. The number of aryl methyl sites for hydroxylation is 1. The highest BCUT2D eigenvalue weighted by atomic mass is 32.2. The number of rotatable bonds is 5. The molecule has 1 N–H and O–H groups in total. The van der Waals surface area contributed by atoms with Crippen LogP contribution in [0.1, 0.15) is 30.9 Å². The van der Waals surface area contributed by atoms with E-state index in [4.69, 9.17) is 4.74 Å². The third-order valence-corrected chi connectivity index (χ3v) is 4.80. The summed E-state index contributed by atoms with van der Waals surface area (Å²) in [6, 6.07) is 4.55. The Morgan fingerprint density at radius 1 is 1.45 bits per heavy atom. The minimum absolute atomic E-state index is 0.181. The Hall–Kier alpha value is -0.980. The second-order valence-electron chi connectivity index (χ2n) is 5.58. The summed E-state index contributed by atoms with van der Waals surface area (Å²) in [6.07, 6.45) is 1.76. The number of halogens is 1. The SMILES string of the molecule is Cc1ccc(CS(=O)(=O)NC[C@]2(C)CCCO2)c(F)c1. The molecule has 1 aromatic carbocycles. The molecule has 0 aromatic heterocycles. The molecule has 0 saturated carbocycles. The van der Waals surface area contributed by atoms with E-state index in [9.17, 15) is 12.8 Å². The first-order valence-corrected chi connectivity index (χ1v) is 8.31. The molecule has 0 amide bonds. The maximum atomic E-state index is 13.7. The third kappa shape index (κ3) is 4.01. The molecule has 112 valence electrons. The van der Waals surface area contributed by atoms with Gasteiger partial charge in [0.2, 0.25) is 10.0 Å². The van der Waals surface area contributed by atoms with Crippen molar-refractivity contribution in [2.24, 2.45) is 0 Å². The van der Waals surface area contributed by atoms with E-state index in [0.29, 0.717) is 6.61 Å². The molecule has 20 heavy (non-hydrogen) atoms. The largest absolute Gasteiger partial charge is 0.374 e. The molecule has 0 radical (unpaired) electrons. The molecule has 1 aromatic rings. The zero-order valence-corrected chi connectivity index (χ0v) is 12.6. The van der Waals surface area contributed by atoms with Crippen molar-refractivity contribution in [2.45, 2.75) is 38.0 Å². The highest BCUT2D eigenvalue weighted by molar-refractivity contribution is 7.88. The van der Waals surface area contributed by atoms with Crippen LogP contribution in [0.4, 0.5) is 4.39 Å². The van der Waals surface area contributed by atoms with Gasteiger partial charge in [0.25, 0.3) is 0 Å². The summed E-state index contributed by atoms with van der Waals surface area (Å²) in [7, 11) is -3.57. The van der Waals surface area contributed by atoms with Crippen LogP contribution < -0.4 is 4.72 Å². The standard InChI is InChI=1S/C14H20FNO3S/c1-11-4-5-12(13(15)8-11)9-20(17,18)16-10-14(2)6-3-7-19-14/h4-5,8,16H,3,6-7,9-10H2,1-2H3/t14-/m0/s1. The van der Waals surface area contributed by atoms with Gasteiger partial charge in [0.15, 0.2) is 0 Å². The van der Waals surface area contributed by atoms with E-state index < -0.39 is 21.4 Å². The average molecular weight is 301 g/mol. The van der Waals surface area contributed by atoms with Gasteiger partial charge < -0.3 is 4.74 Å². The van der Waals surface area contributed by atoms with Gasteiger partial charge in [0.05, 0.1) is 11.4 Å². The lowest BCUT2D eigenvalue weighted by atomic mass is 10.0. The Morgan fingerprint density at radius 2 is 2.20 bits per heavy atom. The first-order valence-electron chi connectivity index (χ1n) is 6.66. The van der Waals surface area contributed by atoms with Crippen LogP contribution >= 0.6 is 0 Å². The number of nitrogens with one attached hydrogen (secondary N) is 1. The summed E-state index contributed by atoms with van der Waals surface area (Å²) in [5, 5.41) is 0. The molecular weight excluding hydrogens is 281 g/mol. The van der Waals surface area contributed by atoms with Gasteiger partial charge in [-0.25, -0.2) is 17.5 Å². The van der Waals surface area contributed by atoms with E-state index in [-0.39, 0.29) is 17.9 Å². The Labute approximate surface area is 119 Å². The summed E-state index contributed by atoms with van der Waals surface area (Å²) in [6.45, 7) is 4.53. The van der Waals surface area contributed by atoms with Crippen molar-refractivity contribution in [2.75, 3.05) is 13.2 Å².